The number of ketones is 1. The number of rotatable bonds is 5. The molecule has 1 aliphatic rings. The van der Waals surface area contributed by atoms with E-state index in [4.69, 9.17) is 11.6 Å². The van der Waals surface area contributed by atoms with Crippen LogP contribution in [0.15, 0.2) is 48.7 Å². The van der Waals surface area contributed by atoms with E-state index in [9.17, 15) is 9.59 Å². The van der Waals surface area contributed by atoms with Crippen molar-refractivity contribution in [1.29, 1.82) is 0 Å². The van der Waals surface area contributed by atoms with Crippen molar-refractivity contribution in [1.82, 2.24) is 20.8 Å². The van der Waals surface area contributed by atoms with Crippen LogP contribution in [0.4, 0.5) is 4.79 Å². The molecule has 3 aromatic rings. The number of nitrogens with zero attached hydrogens (tertiary/aromatic N) is 1. The number of carbonyl (C=O) groups is 2. The zero-order valence-corrected chi connectivity index (χ0v) is 14.6. The number of aromatic nitrogens is 2. The first-order chi connectivity index (χ1) is 12.6. The molecule has 0 radical (unpaired) electrons. The maximum atomic E-state index is 12.7. The standard InChI is InChI=1S/C19H17ClN4O2/c20-14-5-3-11(4-6-14)15(8-18(25)17-10-21-19(26)23-17)12-1-2-13-9-22-24-16(13)7-12/h1-7,9,15,17H,8,10H2,(H,22,24)(H2,21,23,26)/t15?,17-/m0/s1. The van der Waals surface area contributed by atoms with Gasteiger partial charge in [0.2, 0.25) is 0 Å². The van der Waals surface area contributed by atoms with Crippen LogP contribution in [-0.4, -0.2) is 34.6 Å². The molecular formula is C19H17ClN4O2. The largest absolute Gasteiger partial charge is 0.336 e. The molecular weight excluding hydrogens is 352 g/mol. The Morgan fingerprint density at radius 2 is 1.96 bits per heavy atom. The predicted molar refractivity (Wildman–Crippen MR) is 99.3 cm³/mol. The second kappa shape index (κ2) is 6.80. The topological polar surface area (TPSA) is 86.9 Å². The van der Waals surface area contributed by atoms with E-state index in [1.807, 2.05) is 42.5 Å². The first-order valence-electron chi connectivity index (χ1n) is 8.36. The van der Waals surface area contributed by atoms with Crippen LogP contribution in [0.3, 0.4) is 0 Å². The monoisotopic (exact) mass is 368 g/mol. The molecule has 132 valence electrons. The maximum Gasteiger partial charge on any atom is 0.315 e. The Morgan fingerprint density at radius 1 is 1.19 bits per heavy atom. The van der Waals surface area contributed by atoms with Gasteiger partial charge in [0.1, 0.15) is 6.04 Å². The van der Waals surface area contributed by atoms with Gasteiger partial charge in [-0.05, 0) is 29.3 Å². The van der Waals surface area contributed by atoms with Crippen molar-refractivity contribution in [2.24, 2.45) is 0 Å². The summed E-state index contributed by atoms with van der Waals surface area (Å²) < 4.78 is 0. The molecule has 26 heavy (non-hydrogen) atoms. The summed E-state index contributed by atoms with van der Waals surface area (Å²) >= 11 is 6.02. The number of benzene rings is 2. The molecule has 0 spiro atoms. The third-order valence-corrected chi connectivity index (χ3v) is 4.96. The molecule has 0 bridgehead atoms. The second-order valence-corrected chi connectivity index (χ2v) is 6.83. The lowest BCUT2D eigenvalue weighted by Crippen LogP contribution is -2.35. The molecule has 1 unspecified atom stereocenters. The van der Waals surface area contributed by atoms with Crippen LogP contribution >= 0.6 is 11.6 Å². The normalized spacial score (nSPS) is 17.7. The van der Waals surface area contributed by atoms with E-state index in [0.717, 1.165) is 22.0 Å². The Bertz CT molecular complexity index is 967. The molecule has 6 nitrogen and oxygen atoms in total. The number of Topliss-reactive ketones (excluding diaryl/α,β-unsaturated/α-hetero) is 1. The highest BCUT2D eigenvalue weighted by Crippen LogP contribution is 2.31. The number of H-pyrrole nitrogens is 1. The van der Waals surface area contributed by atoms with Gasteiger partial charge >= 0.3 is 6.03 Å². The number of carbonyl (C=O) groups excluding carboxylic acids is 2. The number of urea groups is 1. The van der Waals surface area contributed by atoms with Gasteiger partial charge in [0.25, 0.3) is 0 Å². The summed E-state index contributed by atoms with van der Waals surface area (Å²) in [6, 6.07) is 12.7. The predicted octanol–water partition coefficient (Wildman–Crippen LogP) is 2.99. The van der Waals surface area contributed by atoms with Crippen molar-refractivity contribution in [3.63, 3.8) is 0 Å². The Kier molecular flexibility index (Phi) is 4.34. The third-order valence-electron chi connectivity index (χ3n) is 4.71. The van der Waals surface area contributed by atoms with E-state index in [2.05, 4.69) is 20.8 Å². The summed E-state index contributed by atoms with van der Waals surface area (Å²) in [4.78, 5) is 24.1. The van der Waals surface area contributed by atoms with Crippen LogP contribution in [-0.2, 0) is 4.79 Å². The Hall–Kier alpha value is -2.86. The molecule has 1 fully saturated rings. The molecule has 1 aromatic heterocycles. The van der Waals surface area contributed by atoms with Gasteiger partial charge in [-0.1, -0.05) is 35.9 Å². The summed E-state index contributed by atoms with van der Waals surface area (Å²) in [5.74, 6) is -0.141. The van der Waals surface area contributed by atoms with Gasteiger partial charge in [0.05, 0.1) is 11.7 Å². The zero-order chi connectivity index (χ0) is 18.1. The molecule has 2 atom stereocenters. The van der Waals surface area contributed by atoms with Crippen LogP contribution in [0.25, 0.3) is 10.9 Å². The maximum absolute atomic E-state index is 12.7. The van der Waals surface area contributed by atoms with E-state index in [1.54, 1.807) is 6.20 Å². The van der Waals surface area contributed by atoms with Crippen molar-refractivity contribution in [2.75, 3.05) is 6.54 Å². The Balaban J connectivity index is 1.67. The lowest BCUT2D eigenvalue weighted by Gasteiger charge is -2.19. The van der Waals surface area contributed by atoms with Crippen LogP contribution in [0.2, 0.25) is 5.02 Å². The van der Waals surface area contributed by atoms with Crippen molar-refractivity contribution in [3.05, 3.63) is 64.8 Å². The summed E-state index contributed by atoms with van der Waals surface area (Å²) in [6.45, 7) is 0.324. The highest BCUT2D eigenvalue weighted by atomic mass is 35.5. The van der Waals surface area contributed by atoms with Crippen molar-refractivity contribution >= 4 is 34.3 Å². The number of hydrogen-bond acceptors (Lipinski definition) is 3. The number of nitrogens with one attached hydrogen (secondary N) is 3. The summed E-state index contributed by atoms with van der Waals surface area (Å²) in [6.07, 6.45) is 2.05. The van der Waals surface area contributed by atoms with E-state index < -0.39 is 6.04 Å². The Morgan fingerprint density at radius 3 is 2.69 bits per heavy atom. The fourth-order valence-corrected chi connectivity index (χ4v) is 3.41. The van der Waals surface area contributed by atoms with Gasteiger partial charge in [-0.3, -0.25) is 9.89 Å². The summed E-state index contributed by atoms with van der Waals surface area (Å²) in [7, 11) is 0. The quantitative estimate of drug-likeness (QED) is 0.647. The van der Waals surface area contributed by atoms with Gasteiger partial charge in [-0.15, -0.1) is 0 Å². The minimum atomic E-state index is -0.492. The minimum absolute atomic E-state index is 0.00647. The molecule has 0 aliphatic carbocycles. The lowest BCUT2D eigenvalue weighted by molar-refractivity contribution is -0.120. The first kappa shape index (κ1) is 16.6. The molecule has 0 saturated carbocycles. The molecule has 3 N–H and O–H groups in total. The molecule has 2 aromatic carbocycles. The van der Waals surface area contributed by atoms with Crippen LogP contribution in [0.5, 0.6) is 0 Å². The molecule has 2 amide bonds. The number of hydrogen-bond donors (Lipinski definition) is 3. The van der Waals surface area contributed by atoms with Gasteiger partial charge < -0.3 is 10.6 Å². The van der Waals surface area contributed by atoms with Gasteiger partial charge in [0.15, 0.2) is 5.78 Å². The van der Waals surface area contributed by atoms with E-state index in [-0.39, 0.29) is 24.2 Å². The second-order valence-electron chi connectivity index (χ2n) is 6.40. The SMILES string of the molecule is O=C1NC[C@@H](C(=O)CC(c2ccc(Cl)cc2)c2ccc3cn[nH]c3c2)N1. The number of aromatic amines is 1. The van der Waals surface area contributed by atoms with Gasteiger partial charge in [-0.25, -0.2) is 4.79 Å². The Labute approximate surface area is 154 Å². The smallest absolute Gasteiger partial charge is 0.315 e. The number of halogens is 1. The highest BCUT2D eigenvalue weighted by molar-refractivity contribution is 6.30. The highest BCUT2D eigenvalue weighted by Gasteiger charge is 2.29. The molecule has 4 rings (SSSR count). The summed E-state index contributed by atoms with van der Waals surface area (Å²) in [5, 5.41) is 14.0. The zero-order valence-electron chi connectivity index (χ0n) is 13.8. The molecule has 7 heteroatoms. The molecule has 2 heterocycles. The average molecular weight is 369 g/mol. The van der Waals surface area contributed by atoms with Crippen LogP contribution in [0, 0.1) is 0 Å². The fraction of sp³-hybridized carbons (Fsp3) is 0.211. The lowest BCUT2D eigenvalue weighted by atomic mass is 9.85. The molecule has 1 saturated heterocycles. The van der Waals surface area contributed by atoms with Gasteiger partial charge in [-0.2, -0.15) is 5.10 Å². The van der Waals surface area contributed by atoms with Crippen molar-refractivity contribution in [2.45, 2.75) is 18.4 Å². The van der Waals surface area contributed by atoms with Crippen molar-refractivity contribution < 1.29 is 9.59 Å². The fourth-order valence-electron chi connectivity index (χ4n) is 3.29. The van der Waals surface area contributed by atoms with E-state index in [1.165, 1.54) is 0 Å². The minimum Gasteiger partial charge on any atom is -0.336 e. The van der Waals surface area contributed by atoms with Gasteiger partial charge in [0, 0.05) is 29.3 Å². The van der Waals surface area contributed by atoms with E-state index in [0.29, 0.717) is 11.6 Å². The number of amides is 2. The average Bonchev–Trinajstić information content (AvgIpc) is 3.28. The third kappa shape index (κ3) is 3.28. The first-order valence-corrected chi connectivity index (χ1v) is 8.73. The number of fused-ring (bicyclic) bond motifs is 1. The van der Waals surface area contributed by atoms with Crippen molar-refractivity contribution in [3.8, 4) is 0 Å². The molecule has 1 aliphatic heterocycles. The van der Waals surface area contributed by atoms with E-state index >= 15 is 0 Å². The van der Waals surface area contributed by atoms with Crippen LogP contribution in [0.1, 0.15) is 23.5 Å². The van der Waals surface area contributed by atoms with Crippen LogP contribution < -0.4 is 10.6 Å². The summed E-state index contributed by atoms with van der Waals surface area (Å²) in [5.41, 5.74) is 2.93.